The van der Waals surface area contributed by atoms with Gasteiger partial charge in [-0.1, -0.05) is 65.8 Å². The maximum Gasteiger partial charge on any atom is 0.200 e. The maximum atomic E-state index is 12.4. The van der Waals surface area contributed by atoms with Crippen LogP contribution in [0.25, 0.3) is 6.08 Å². The zero-order valence-corrected chi connectivity index (χ0v) is 15.4. The molecule has 0 bridgehead atoms. The molecule has 0 radical (unpaired) electrons. The van der Waals surface area contributed by atoms with Gasteiger partial charge in [-0.3, -0.25) is 4.79 Å². The molecule has 0 N–H and O–H groups in total. The van der Waals surface area contributed by atoms with Gasteiger partial charge in [-0.15, -0.1) is 0 Å². The van der Waals surface area contributed by atoms with Crippen molar-refractivity contribution in [1.29, 1.82) is 0 Å². The fraction of sp³-hybridized carbons (Fsp3) is 0.0455. The second kappa shape index (κ2) is 7.40. The number of thioether (sulfide) groups is 1. The van der Waals surface area contributed by atoms with E-state index in [1.165, 1.54) is 11.8 Å². The minimum atomic E-state index is 0.0876. The van der Waals surface area contributed by atoms with Gasteiger partial charge in [0.05, 0.1) is 4.91 Å². The summed E-state index contributed by atoms with van der Waals surface area (Å²) in [4.78, 5) is 14.2. The van der Waals surface area contributed by atoms with Crippen molar-refractivity contribution in [2.45, 2.75) is 11.5 Å². The van der Waals surface area contributed by atoms with E-state index in [0.717, 1.165) is 32.2 Å². The first-order chi connectivity index (χ1) is 12.7. The maximum absolute atomic E-state index is 12.4. The first-order valence-corrected chi connectivity index (χ1v) is 9.40. The van der Waals surface area contributed by atoms with Crippen LogP contribution in [-0.2, 0) is 6.61 Å². The molecule has 1 heterocycles. The highest BCUT2D eigenvalue weighted by Crippen LogP contribution is 2.40. The van der Waals surface area contributed by atoms with Gasteiger partial charge in [0, 0.05) is 21.0 Å². The van der Waals surface area contributed by atoms with Gasteiger partial charge in [-0.25, -0.2) is 0 Å². The van der Waals surface area contributed by atoms with Crippen LogP contribution < -0.4 is 4.74 Å². The third-order valence-electron chi connectivity index (χ3n) is 4.11. The molecule has 0 saturated heterocycles. The summed E-state index contributed by atoms with van der Waals surface area (Å²) in [5.74, 6) is 0.852. The van der Waals surface area contributed by atoms with E-state index in [1.807, 2.05) is 78.9 Å². The lowest BCUT2D eigenvalue weighted by molar-refractivity contribution is 0.104. The second-order valence-electron chi connectivity index (χ2n) is 5.89. The Labute approximate surface area is 161 Å². The lowest BCUT2D eigenvalue weighted by atomic mass is 10.1. The average Bonchev–Trinajstić information content (AvgIpc) is 2.98. The quantitative estimate of drug-likeness (QED) is 0.502. The van der Waals surface area contributed by atoms with Gasteiger partial charge in [-0.2, -0.15) is 0 Å². The Hall–Kier alpha value is -2.49. The van der Waals surface area contributed by atoms with Crippen LogP contribution in [-0.4, -0.2) is 5.78 Å². The molecule has 3 aromatic rings. The molecule has 1 aliphatic heterocycles. The number of ether oxygens (including phenoxy) is 1. The Bertz CT molecular complexity index is 993. The van der Waals surface area contributed by atoms with Crippen molar-refractivity contribution in [2.24, 2.45) is 0 Å². The van der Waals surface area contributed by atoms with Crippen LogP contribution in [0.2, 0.25) is 5.02 Å². The van der Waals surface area contributed by atoms with E-state index in [9.17, 15) is 4.79 Å². The van der Waals surface area contributed by atoms with Crippen molar-refractivity contribution < 1.29 is 9.53 Å². The summed E-state index contributed by atoms with van der Waals surface area (Å²) in [5, 5.41) is 0.699. The predicted octanol–water partition coefficient (Wildman–Crippen LogP) is 6.25. The van der Waals surface area contributed by atoms with Crippen LogP contribution in [0.4, 0.5) is 0 Å². The van der Waals surface area contributed by atoms with Crippen molar-refractivity contribution in [3.05, 3.63) is 99.4 Å². The molecule has 0 aromatic heterocycles. The minimum absolute atomic E-state index is 0.0876. The highest BCUT2D eigenvalue weighted by molar-refractivity contribution is 8.04. The number of halogens is 1. The molecule has 0 saturated carbocycles. The van der Waals surface area contributed by atoms with Crippen LogP contribution in [0.5, 0.6) is 5.75 Å². The van der Waals surface area contributed by atoms with Crippen LogP contribution in [0, 0.1) is 0 Å². The monoisotopic (exact) mass is 378 g/mol. The van der Waals surface area contributed by atoms with Crippen LogP contribution in [0.1, 0.15) is 21.5 Å². The average molecular weight is 379 g/mol. The first kappa shape index (κ1) is 17.0. The predicted molar refractivity (Wildman–Crippen MR) is 107 cm³/mol. The van der Waals surface area contributed by atoms with E-state index in [-0.39, 0.29) is 5.78 Å². The number of carbonyl (C=O) groups excluding carboxylic acids is 1. The summed E-state index contributed by atoms with van der Waals surface area (Å²) in [5.41, 5.74) is 2.70. The summed E-state index contributed by atoms with van der Waals surface area (Å²) >= 11 is 7.66. The Morgan fingerprint density at radius 2 is 1.65 bits per heavy atom. The normalized spacial score (nSPS) is 14.5. The number of allylic oxidation sites excluding steroid dienone is 1. The summed E-state index contributed by atoms with van der Waals surface area (Å²) in [6.45, 7) is 0.420. The van der Waals surface area contributed by atoms with Gasteiger partial charge in [-0.05, 0) is 42.0 Å². The number of carbonyl (C=O) groups is 1. The Balaban J connectivity index is 1.45. The topological polar surface area (TPSA) is 26.3 Å². The third kappa shape index (κ3) is 3.55. The van der Waals surface area contributed by atoms with Crippen molar-refractivity contribution in [2.75, 3.05) is 0 Å². The Morgan fingerprint density at radius 3 is 2.42 bits per heavy atom. The zero-order valence-electron chi connectivity index (χ0n) is 13.8. The SMILES string of the molecule is O=C1/C(=C/c2ccc(OCc3ccccc3Cl)cc2)Sc2ccccc21. The van der Waals surface area contributed by atoms with Crippen LogP contribution in [0.3, 0.4) is 0 Å². The van der Waals surface area contributed by atoms with E-state index in [1.54, 1.807) is 0 Å². The number of Topliss-reactive ketones (excluding diaryl/α,β-unsaturated/α-hetero) is 1. The number of fused-ring (bicyclic) bond motifs is 1. The first-order valence-electron chi connectivity index (χ1n) is 8.20. The van der Waals surface area contributed by atoms with E-state index in [2.05, 4.69) is 0 Å². The molecule has 0 atom stereocenters. The molecule has 0 spiro atoms. The van der Waals surface area contributed by atoms with Gasteiger partial charge in [0.1, 0.15) is 12.4 Å². The summed E-state index contributed by atoms with van der Waals surface area (Å²) in [7, 11) is 0. The Kier molecular flexibility index (Phi) is 4.83. The molecule has 4 rings (SSSR count). The molecule has 0 fully saturated rings. The van der Waals surface area contributed by atoms with Crippen molar-refractivity contribution >= 4 is 35.2 Å². The molecule has 0 unspecified atom stereocenters. The zero-order chi connectivity index (χ0) is 17.9. The summed E-state index contributed by atoms with van der Waals surface area (Å²) in [6.07, 6.45) is 1.92. The minimum Gasteiger partial charge on any atom is -0.489 e. The second-order valence-corrected chi connectivity index (χ2v) is 7.38. The molecule has 26 heavy (non-hydrogen) atoms. The van der Waals surface area contributed by atoms with E-state index < -0.39 is 0 Å². The van der Waals surface area contributed by atoms with Gasteiger partial charge in [0.2, 0.25) is 5.78 Å². The number of hydrogen-bond acceptors (Lipinski definition) is 3. The molecule has 4 heteroatoms. The fourth-order valence-electron chi connectivity index (χ4n) is 2.72. The van der Waals surface area contributed by atoms with E-state index in [4.69, 9.17) is 16.3 Å². The molecule has 3 aromatic carbocycles. The molecule has 1 aliphatic rings. The van der Waals surface area contributed by atoms with Gasteiger partial charge in [0.25, 0.3) is 0 Å². The fourth-order valence-corrected chi connectivity index (χ4v) is 3.97. The van der Waals surface area contributed by atoms with Crippen LogP contribution in [0.15, 0.2) is 82.6 Å². The molecular weight excluding hydrogens is 364 g/mol. The largest absolute Gasteiger partial charge is 0.489 e. The Morgan fingerprint density at radius 1 is 0.923 bits per heavy atom. The summed E-state index contributed by atoms with van der Waals surface area (Å²) in [6, 6.07) is 23.0. The lowest BCUT2D eigenvalue weighted by Crippen LogP contribution is -1.96. The molecule has 2 nitrogen and oxygen atoms in total. The number of ketones is 1. The van der Waals surface area contributed by atoms with Crippen LogP contribution >= 0.6 is 23.4 Å². The third-order valence-corrected chi connectivity index (χ3v) is 5.57. The van der Waals surface area contributed by atoms with Crippen molar-refractivity contribution in [3.63, 3.8) is 0 Å². The molecule has 0 aliphatic carbocycles. The van der Waals surface area contributed by atoms with Gasteiger partial charge >= 0.3 is 0 Å². The van der Waals surface area contributed by atoms with Crippen molar-refractivity contribution in [3.8, 4) is 5.75 Å². The molecular formula is C22H15ClO2S. The highest BCUT2D eigenvalue weighted by atomic mass is 35.5. The highest BCUT2D eigenvalue weighted by Gasteiger charge is 2.24. The van der Waals surface area contributed by atoms with E-state index >= 15 is 0 Å². The standard InChI is InChI=1S/C22H15ClO2S/c23-19-7-3-1-5-16(19)14-25-17-11-9-15(10-12-17)13-21-22(24)18-6-2-4-8-20(18)26-21/h1-13H,14H2/b21-13-. The van der Waals surface area contributed by atoms with Gasteiger partial charge in [0.15, 0.2) is 0 Å². The lowest BCUT2D eigenvalue weighted by Gasteiger charge is -2.08. The molecule has 128 valence electrons. The number of rotatable bonds is 4. The molecule has 0 amide bonds. The summed E-state index contributed by atoms with van der Waals surface area (Å²) < 4.78 is 5.79. The van der Waals surface area contributed by atoms with Crippen molar-refractivity contribution in [1.82, 2.24) is 0 Å². The van der Waals surface area contributed by atoms with E-state index in [0.29, 0.717) is 11.6 Å². The number of hydrogen-bond donors (Lipinski definition) is 0. The smallest absolute Gasteiger partial charge is 0.200 e. The number of benzene rings is 3. The van der Waals surface area contributed by atoms with Gasteiger partial charge < -0.3 is 4.74 Å².